The molecule has 20 heavy (non-hydrogen) atoms. The quantitative estimate of drug-likeness (QED) is 0.764. The van der Waals surface area contributed by atoms with Crippen LogP contribution in [0.3, 0.4) is 0 Å². The third kappa shape index (κ3) is 2.44. The van der Waals surface area contributed by atoms with E-state index in [1.54, 1.807) is 0 Å². The van der Waals surface area contributed by atoms with Gasteiger partial charge in [-0.05, 0) is 29.5 Å². The van der Waals surface area contributed by atoms with Gasteiger partial charge in [0.05, 0.1) is 0 Å². The average Bonchev–Trinajstić information content (AvgIpc) is 3.05. The fourth-order valence-electron chi connectivity index (χ4n) is 1.97. The van der Waals surface area contributed by atoms with Crippen LogP contribution in [0.4, 0.5) is 5.13 Å². The van der Waals surface area contributed by atoms with E-state index >= 15 is 0 Å². The molecule has 0 radical (unpaired) electrons. The molecule has 0 spiro atoms. The summed E-state index contributed by atoms with van der Waals surface area (Å²) in [7, 11) is 0. The van der Waals surface area contributed by atoms with Gasteiger partial charge in [0.1, 0.15) is 0 Å². The predicted molar refractivity (Wildman–Crippen MR) is 82.5 cm³/mol. The maximum absolute atomic E-state index is 12.2. The smallest absolute Gasteiger partial charge is 0.257 e. The number of benzene rings is 1. The summed E-state index contributed by atoms with van der Waals surface area (Å²) >= 11 is 1.52. The topological polar surface area (TPSA) is 57.8 Å². The summed E-state index contributed by atoms with van der Waals surface area (Å²) in [5.74, 6) is 0.291. The molecule has 3 rings (SSSR count). The molecule has 0 aliphatic heterocycles. The Bertz CT molecular complexity index is 757. The minimum Gasteiger partial charge on any atom is -0.361 e. The van der Waals surface area contributed by atoms with Crippen molar-refractivity contribution in [2.24, 2.45) is 0 Å². The molecule has 0 unspecified atom stereocenters. The van der Waals surface area contributed by atoms with Crippen molar-refractivity contribution in [3.8, 4) is 0 Å². The van der Waals surface area contributed by atoms with Gasteiger partial charge in [-0.25, -0.2) is 4.98 Å². The monoisotopic (exact) mass is 285 g/mol. The number of hydrogen-bond donors (Lipinski definition) is 2. The number of aromatic amines is 1. The minimum absolute atomic E-state index is 0.133. The first kappa shape index (κ1) is 12.9. The molecule has 1 aromatic carbocycles. The van der Waals surface area contributed by atoms with Crippen LogP contribution >= 0.6 is 11.3 Å². The SMILES string of the molecule is CC(C)c1cnc(NC(=O)c2ccc3cc[nH]c3c2)s1. The number of hydrogen-bond acceptors (Lipinski definition) is 3. The number of amides is 1. The standard InChI is InChI=1S/C15H15N3OS/c1-9(2)13-8-17-15(20-13)18-14(19)11-4-3-10-5-6-16-12(10)7-11/h3-9,16H,1-2H3,(H,17,18,19). The highest BCUT2D eigenvalue weighted by Crippen LogP contribution is 2.25. The number of carbonyl (C=O) groups excluding carboxylic acids is 1. The third-order valence-corrected chi connectivity index (χ3v) is 4.34. The van der Waals surface area contributed by atoms with Crippen LogP contribution in [0, 0.1) is 0 Å². The van der Waals surface area contributed by atoms with Crippen LogP contribution in [0.2, 0.25) is 0 Å². The van der Waals surface area contributed by atoms with Gasteiger partial charge in [0.25, 0.3) is 5.91 Å². The van der Waals surface area contributed by atoms with Crippen molar-refractivity contribution >= 4 is 33.3 Å². The van der Waals surface area contributed by atoms with Crippen molar-refractivity contribution in [1.29, 1.82) is 0 Å². The van der Waals surface area contributed by atoms with Crippen molar-refractivity contribution in [2.75, 3.05) is 5.32 Å². The highest BCUT2D eigenvalue weighted by atomic mass is 32.1. The van der Waals surface area contributed by atoms with Crippen LogP contribution in [0.25, 0.3) is 10.9 Å². The molecule has 0 bridgehead atoms. The van der Waals surface area contributed by atoms with Gasteiger partial charge in [-0.2, -0.15) is 0 Å². The highest BCUT2D eigenvalue weighted by Gasteiger charge is 2.11. The third-order valence-electron chi connectivity index (χ3n) is 3.13. The van der Waals surface area contributed by atoms with E-state index < -0.39 is 0 Å². The van der Waals surface area contributed by atoms with Gasteiger partial charge in [0.15, 0.2) is 5.13 Å². The number of fused-ring (bicyclic) bond motifs is 1. The number of aromatic nitrogens is 2. The summed E-state index contributed by atoms with van der Waals surface area (Å²) in [6, 6.07) is 7.58. The number of nitrogens with zero attached hydrogens (tertiary/aromatic N) is 1. The molecule has 0 aliphatic rings. The zero-order valence-electron chi connectivity index (χ0n) is 11.3. The second kappa shape index (κ2) is 5.09. The minimum atomic E-state index is -0.133. The molecule has 0 aliphatic carbocycles. The Hall–Kier alpha value is -2.14. The van der Waals surface area contributed by atoms with Gasteiger partial charge in [-0.3, -0.25) is 10.1 Å². The van der Waals surface area contributed by atoms with Gasteiger partial charge in [0, 0.05) is 28.4 Å². The number of H-pyrrole nitrogens is 1. The molecule has 4 nitrogen and oxygen atoms in total. The first-order valence-corrected chi connectivity index (χ1v) is 7.29. The lowest BCUT2D eigenvalue weighted by atomic mass is 10.1. The Labute approximate surface area is 120 Å². The Morgan fingerprint density at radius 2 is 2.20 bits per heavy atom. The van der Waals surface area contributed by atoms with Crippen molar-refractivity contribution in [2.45, 2.75) is 19.8 Å². The van der Waals surface area contributed by atoms with Gasteiger partial charge in [0.2, 0.25) is 0 Å². The summed E-state index contributed by atoms with van der Waals surface area (Å²) in [6.45, 7) is 4.22. The summed E-state index contributed by atoms with van der Waals surface area (Å²) in [6.07, 6.45) is 3.68. The summed E-state index contributed by atoms with van der Waals surface area (Å²) < 4.78 is 0. The highest BCUT2D eigenvalue weighted by molar-refractivity contribution is 7.15. The van der Waals surface area contributed by atoms with Gasteiger partial charge in [-0.1, -0.05) is 19.9 Å². The first-order chi connectivity index (χ1) is 9.63. The number of anilines is 1. The summed E-state index contributed by atoms with van der Waals surface area (Å²) in [5.41, 5.74) is 1.58. The summed E-state index contributed by atoms with van der Waals surface area (Å²) in [5, 5.41) is 4.58. The average molecular weight is 285 g/mol. The van der Waals surface area contributed by atoms with E-state index in [0.717, 1.165) is 10.9 Å². The molecule has 1 amide bonds. The Morgan fingerprint density at radius 1 is 1.35 bits per heavy atom. The number of rotatable bonds is 3. The normalized spacial score (nSPS) is 11.2. The molecule has 0 saturated heterocycles. The van der Waals surface area contributed by atoms with Crippen LogP contribution in [0.5, 0.6) is 0 Å². The van der Waals surface area contributed by atoms with Crippen molar-refractivity contribution in [3.63, 3.8) is 0 Å². The van der Waals surface area contributed by atoms with Crippen LogP contribution < -0.4 is 5.32 Å². The van der Waals surface area contributed by atoms with E-state index in [2.05, 4.69) is 29.1 Å². The summed E-state index contributed by atoms with van der Waals surface area (Å²) in [4.78, 5) is 20.7. The maximum atomic E-state index is 12.2. The van der Waals surface area contributed by atoms with Crippen molar-refractivity contribution in [1.82, 2.24) is 9.97 Å². The van der Waals surface area contributed by atoms with Crippen molar-refractivity contribution < 1.29 is 4.79 Å². The van der Waals surface area contributed by atoms with E-state index in [1.807, 2.05) is 36.7 Å². The molecular weight excluding hydrogens is 270 g/mol. The number of thiazole rings is 1. The van der Waals surface area contributed by atoms with Crippen LogP contribution in [-0.4, -0.2) is 15.9 Å². The zero-order valence-corrected chi connectivity index (χ0v) is 12.1. The molecule has 2 N–H and O–H groups in total. The van der Waals surface area contributed by atoms with Gasteiger partial charge in [-0.15, -0.1) is 11.3 Å². The lowest BCUT2D eigenvalue weighted by Crippen LogP contribution is -2.11. The lowest BCUT2D eigenvalue weighted by molar-refractivity contribution is 0.102. The van der Waals surface area contributed by atoms with Crippen molar-refractivity contribution in [3.05, 3.63) is 47.1 Å². The second-order valence-corrected chi connectivity index (χ2v) is 6.02. The van der Waals surface area contributed by atoms with Gasteiger partial charge < -0.3 is 4.98 Å². The Morgan fingerprint density at radius 3 is 2.95 bits per heavy atom. The second-order valence-electron chi connectivity index (χ2n) is 4.96. The molecular formula is C15H15N3OS. The number of nitrogens with one attached hydrogen (secondary N) is 2. The first-order valence-electron chi connectivity index (χ1n) is 6.47. The maximum Gasteiger partial charge on any atom is 0.257 e. The molecule has 5 heteroatoms. The van der Waals surface area contributed by atoms with Gasteiger partial charge >= 0.3 is 0 Å². The van der Waals surface area contributed by atoms with E-state index in [4.69, 9.17) is 0 Å². The fraction of sp³-hybridized carbons (Fsp3) is 0.200. The molecule has 0 fully saturated rings. The predicted octanol–water partition coefficient (Wildman–Crippen LogP) is 4.00. The lowest BCUT2D eigenvalue weighted by Gasteiger charge is -2.02. The van der Waals surface area contributed by atoms with E-state index in [9.17, 15) is 4.79 Å². The van der Waals surface area contributed by atoms with E-state index in [-0.39, 0.29) is 5.91 Å². The number of carbonyl (C=O) groups is 1. The molecule has 2 aromatic heterocycles. The van der Waals surface area contributed by atoms with Crippen LogP contribution in [-0.2, 0) is 0 Å². The van der Waals surface area contributed by atoms with E-state index in [0.29, 0.717) is 16.6 Å². The largest absolute Gasteiger partial charge is 0.361 e. The zero-order chi connectivity index (χ0) is 14.1. The molecule has 0 saturated carbocycles. The molecule has 2 heterocycles. The molecule has 3 aromatic rings. The van der Waals surface area contributed by atoms with Crippen LogP contribution in [0.15, 0.2) is 36.7 Å². The van der Waals surface area contributed by atoms with E-state index in [1.165, 1.54) is 16.2 Å². The molecule has 0 atom stereocenters. The molecule has 102 valence electrons. The van der Waals surface area contributed by atoms with Crippen LogP contribution in [0.1, 0.15) is 35.0 Å². The Kier molecular flexibility index (Phi) is 3.28. The fourth-order valence-corrected chi connectivity index (χ4v) is 2.78. The Balaban J connectivity index is 1.80.